The second-order valence-corrected chi connectivity index (χ2v) is 9.04. The summed E-state index contributed by atoms with van der Waals surface area (Å²) in [5, 5.41) is 2.91. The first-order valence-corrected chi connectivity index (χ1v) is 12.0. The molecule has 8 heteroatoms. The number of carbonyl (C=O) groups is 1. The molecule has 30 heavy (non-hydrogen) atoms. The van der Waals surface area contributed by atoms with E-state index in [-0.39, 0.29) is 18.9 Å². The summed E-state index contributed by atoms with van der Waals surface area (Å²) in [6.07, 6.45) is 2.24. The number of rotatable bonds is 8. The summed E-state index contributed by atoms with van der Waals surface area (Å²) < 4.78 is 37.1. The van der Waals surface area contributed by atoms with Crippen molar-refractivity contribution in [3.05, 3.63) is 54.1 Å². The van der Waals surface area contributed by atoms with Crippen molar-refractivity contribution in [2.75, 3.05) is 30.3 Å². The molecule has 0 aromatic heterocycles. The van der Waals surface area contributed by atoms with Gasteiger partial charge in [0.2, 0.25) is 10.0 Å². The molecule has 7 nitrogen and oxygen atoms in total. The largest absolute Gasteiger partial charge is 0.494 e. The monoisotopic (exact) mass is 432 g/mol. The average Bonchev–Trinajstić information content (AvgIpc) is 2.92. The first-order chi connectivity index (χ1) is 14.4. The molecule has 0 bridgehead atoms. The van der Waals surface area contributed by atoms with Gasteiger partial charge in [-0.1, -0.05) is 30.3 Å². The summed E-state index contributed by atoms with van der Waals surface area (Å²) in [4.78, 5) is 12.7. The van der Waals surface area contributed by atoms with Crippen molar-refractivity contribution in [1.29, 1.82) is 0 Å². The van der Waals surface area contributed by atoms with Crippen LogP contribution in [0.1, 0.15) is 25.3 Å². The van der Waals surface area contributed by atoms with E-state index in [2.05, 4.69) is 5.32 Å². The van der Waals surface area contributed by atoms with Crippen molar-refractivity contribution in [2.24, 2.45) is 0 Å². The number of fused-ring (bicyclic) bond motifs is 1. The number of sulfonamides is 1. The van der Waals surface area contributed by atoms with Crippen molar-refractivity contribution in [1.82, 2.24) is 5.32 Å². The van der Waals surface area contributed by atoms with E-state index < -0.39 is 16.1 Å². The number of aryl methyl sites for hydroxylation is 1. The Kier molecular flexibility index (Phi) is 7.20. The smallest absolute Gasteiger partial charge is 0.261 e. The second kappa shape index (κ2) is 9.84. The molecular weight excluding hydrogens is 404 g/mol. The van der Waals surface area contributed by atoms with E-state index in [4.69, 9.17) is 9.47 Å². The van der Waals surface area contributed by atoms with E-state index in [9.17, 15) is 13.2 Å². The third kappa shape index (κ3) is 5.44. The molecule has 2 aromatic rings. The summed E-state index contributed by atoms with van der Waals surface area (Å²) in [7, 11) is -3.46. The van der Waals surface area contributed by atoms with Gasteiger partial charge in [-0.3, -0.25) is 9.10 Å². The lowest BCUT2D eigenvalue weighted by molar-refractivity contribution is -0.128. The van der Waals surface area contributed by atoms with E-state index in [1.54, 1.807) is 24.3 Å². The van der Waals surface area contributed by atoms with Crippen LogP contribution < -0.4 is 19.1 Å². The average molecular weight is 433 g/mol. The normalized spacial score (nSPS) is 16.2. The fourth-order valence-corrected chi connectivity index (χ4v) is 4.42. The summed E-state index contributed by atoms with van der Waals surface area (Å²) in [6.45, 7) is 3.25. The van der Waals surface area contributed by atoms with Gasteiger partial charge in [-0.05, 0) is 43.5 Å². The quantitative estimate of drug-likeness (QED) is 0.649. The highest BCUT2D eigenvalue weighted by atomic mass is 32.2. The molecule has 1 aliphatic heterocycles. The lowest BCUT2D eigenvalue weighted by atomic mass is 10.1. The number of carbonyl (C=O) groups excluding carboxylic acids is 1. The lowest BCUT2D eigenvalue weighted by Crippen LogP contribution is -2.40. The zero-order valence-corrected chi connectivity index (χ0v) is 18.2. The fourth-order valence-electron chi connectivity index (χ4n) is 3.47. The Morgan fingerprint density at radius 2 is 1.93 bits per heavy atom. The van der Waals surface area contributed by atoms with Crippen LogP contribution in [0, 0.1) is 0 Å². The van der Waals surface area contributed by atoms with Crippen LogP contribution in [-0.4, -0.2) is 46.4 Å². The number of nitrogens with one attached hydrogen (secondary N) is 1. The molecule has 162 valence electrons. The summed E-state index contributed by atoms with van der Waals surface area (Å²) in [6, 6.07) is 14.8. The number of nitrogens with zero attached hydrogens (tertiary/aromatic N) is 1. The molecule has 1 N–H and O–H groups in total. The molecular formula is C22H28N2O5S. The van der Waals surface area contributed by atoms with Crippen molar-refractivity contribution >= 4 is 21.6 Å². The van der Waals surface area contributed by atoms with Gasteiger partial charge < -0.3 is 14.8 Å². The molecule has 3 rings (SSSR count). The van der Waals surface area contributed by atoms with Gasteiger partial charge in [-0.2, -0.15) is 0 Å². The molecule has 0 saturated carbocycles. The number of amides is 1. The minimum atomic E-state index is -3.46. The van der Waals surface area contributed by atoms with E-state index in [1.807, 2.05) is 31.2 Å². The Balaban J connectivity index is 1.58. The highest BCUT2D eigenvalue weighted by molar-refractivity contribution is 7.92. The van der Waals surface area contributed by atoms with Crippen LogP contribution >= 0.6 is 0 Å². The van der Waals surface area contributed by atoms with Gasteiger partial charge in [0.05, 0.1) is 18.6 Å². The molecule has 2 aromatic carbocycles. The van der Waals surface area contributed by atoms with Gasteiger partial charge in [-0.25, -0.2) is 8.42 Å². The third-order valence-electron chi connectivity index (χ3n) is 4.88. The molecule has 1 atom stereocenters. The van der Waals surface area contributed by atoms with Gasteiger partial charge in [0.15, 0.2) is 6.10 Å². The van der Waals surface area contributed by atoms with Crippen LogP contribution in [0.2, 0.25) is 0 Å². The standard InChI is InChI=1S/C22H28N2O5S/c1-3-28-19-12-6-4-9-17(19)10-8-15-23-22(25)21-14-16-24(30(2,26)27)18-11-5-7-13-20(18)29-21/h4-7,9,11-13,21H,3,8,10,14-16H2,1-2H3,(H,23,25)/t21-/m1/s1. The van der Waals surface area contributed by atoms with E-state index >= 15 is 0 Å². The van der Waals surface area contributed by atoms with Crippen LogP contribution in [0.25, 0.3) is 0 Å². The minimum absolute atomic E-state index is 0.190. The third-order valence-corrected chi connectivity index (χ3v) is 6.06. The molecule has 1 amide bonds. The summed E-state index contributed by atoms with van der Waals surface area (Å²) in [5.74, 6) is 1.03. The predicted molar refractivity (Wildman–Crippen MR) is 117 cm³/mol. The summed E-state index contributed by atoms with van der Waals surface area (Å²) in [5.41, 5.74) is 1.57. The Bertz CT molecular complexity index is 977. The molecule has 0 saturated heterocycles. The van der Waals surface area contributed by atoms with Crippen LogP contribution in [0.5, 0.6) is 11.5 Å². The number of benzene rings is 2. The summed E-state index contributed by atoms with van der Waals surface area (Å²) >= 11 is 0. The number of hydrogen-bond acceptors (Lipinski definition) is 5. The van der Waals surface area contributed by atoms with E-state index in [1.165, 1.54) is 4.31 Å². The number of anilines is 1. The van der Waals surface area contributed by atoms with Crippen LogP contribution in [-0.2, 0) is 21.2 Å². The molecule has 1 heterocycles. The molecule has 0 aliphatic carbocycles. The van der Waals surface area contributed by atoms with Crippen molar-refractivity contribution in [3.63, 3.8) is 0 Å². The fraction of sp³-hybridized carbons (Fsp3) is 0.409. The second-order valence-electron chi connectivity index (χ2n) is 7.13. The maximum atomic E-state index is 12.7. The van der Waals surface area contributed by atoms with Gasteiger partial charge >= 0.3 is 0 Å². The Labute approximate surface area is 178 Å². The first-order valence-electron chi connectivity index (χ1n) is 10.1. The van der Waals surface area contributed by atoms with Gasteiger partial charge in [0, 0.05) is 19.5 Å². The maximum absolute atomic E-state index is 12.7. The topological polar surface area (TPSA) is 84.9 Å². The molecule has 0 fully saturated rings. The number of hydrogen-bond donors (Lipinski definition) is 1. The van der Waals surface area contributed by atoms with Gasteiger partial charge in [0.25, 0.3) is 5.91 Å². The molecule has 1 aliphatic rings. The van der Waals surface area contributed by atoms with Crippen LogP contribution in [0.15, 0.2) is 48.5 Å². The number of para-hydroxylation sites is 3. The van der Waals surface area contributed by atoms with Gasteiger partial charge in [-0.15, -0.1) is 0 Å². The molecule has 0 spiro atoms. The van der Waals surface area contributed by atoms with E-state index in [0.717, 1.165) is 30.4 Å². The van der Waals surface area contributed by atoms with Crippen molar-refractivity contribution in [3.8, 4) is 11.5 Å². The van der Waals surface area contributed by atoms with Crippen molar-refractivity contribution in [2.45, 2.75) is 32.3 Å². The Hall–Kier alpha value is -2.74. The molecule has 0 radical (unpaired) electrons. The van der Waals surface area contributed by atoms with Crippen LogP contribution in [0.3, 0.4) is 0 Å². The van der Waals surface area contributed by atoms with Gasteiger partial charge in [0.1, 0.15) is 11.5 Å². The Morgan fingerprint density at radius 3 is 2.70 bits per heavy atom. The SMILES string of the molecule is CCOc1ccccc1CCCNC(=O)[C@H]1CCN(S(C)(=O)=O)c2ccccc2O1. The number of ether oxygens (including phenoxy) is 2. The highest BCUT2D eigenvalue weighted by Crippen LogP contribution is 2.33. The van der Waals surface area contributed by atoms with E-state index in [0.29, 0.717) is 24.6 Å². The zero-order valence-electron chi connectivity index (χ0n) is 17.3. The minimum Gasteiger partial charge on any atom is -0.494 e. The lowest BCUT2D eigenvalue weighted by Gasteiger charge is -2.20. The predicted octanol–water partition coefficient (Wildman–Crippen LogP) is 2.75. The highest BCUT2D eigenvalue weighted by Gasteiger charge is 2.30. The van der Waals surface area contributed by atoms with Crippen molar-refractivity contribution < 1.29 is 22.7 Å². The Morgan fingerprint density at radius 1 is 1.20 bits per heavy atom. The molecule has 0 unspecified atom stereocenters. The maximum Gasteiger partial charge on any atom is 0.261 e. The first kappa shape index (κ1) is 22.0. The zero-order chi connectivity index (χ0) is 21.6. The van der Waals surface area contributed by atoms with Crippen LogP contribution in [0.4, 0.5) is 5.69 Å².